The molecule has 0 saturated heterocycles. The van der Waals surface area contributed by atoms with Crippen molar-refractivity contribution in [2.24, 2.45) is 0 Å². The average molecular weight is 402 g/mol. The Balaban J connectivity index is 1.98. The summed E-state index contributed by atoms with van der Waals surface area (Å²) in [5.41, 5.74) is 1.38. The number of nitrogens with zero attached hydrogens (tertiary/aromatic N) is 3. The molecule has 0 aliphatic heterocycles. The van der Waals surface area contributed by atoms with Crippen LogP contribution in [-0.2, 0) is 11.2 Å². The maximum absolute atomic E-state index is 11.7. The summed E-state index contributed by atoms with van der Waals surface area (Å²) in [5.74, 6) is 1.74. The summed E-state index contributed by atoms with van der Waals surface area (Å²) in [4.78, 5) is 14.1. The molecule has 2 heterocycles. The maximum atomic E-state index is 11.7. The molecule has 0 spiro atoms. The van der Waals surface area contributed by atoms with E-state index in [1.807, 2.05) is 56.3 Å². The van der Waals surface area contributed by atoms with Crippen LogP contribution < -0.4 is 10.6 Å². The monoisotopic (exact) mass is 401 g/mol. The first-order valence-electron chi connectivity index (χ1n) is 8.40. The third-order valence-corrected chi connectivity index (χ3v) is 4.67. The molecule has 27 heavy (non-hydrogen) atoms. The second kappa shape index (κ2) is 8.56. The van der Waals surface area contributed by atoms with Crippen molar-refractivity contribution in [1.82, 2.24) is 15.0 Å². The molecule has 1 atom stereocenters. The molecule has 0 aliphatic carbocycles. The van der Waals surface area contributed by atoms with Crippen LogP contribution in [0.3, 0.4) is 0 Å². The number of nitrogens with one attached hydrogen (secondary N) is 2. The van der Waals surface area contributed by atoms with E-state index in [0.29, 0.717) is 28.3 Å². The molecule has 2 N–H and O–H groups in total. The van der Waals surface area contributed by atoms with Gasteiger partial charge in [0.2, 0.25) is 0 Å². The Labute approximate surface area is 166 Å². The predicted octanol–water partition coefficient (Wildman–Crippen LogP) is 4.49. The standard InChI is InChI=1S/C19H20ClN5OS/c1-12(2)21-17-11-18(22-13-6-4-7-14(10-13)27(3)26)25-19(24-17)15-8-5-9-16(20)23-15/h4-12H,1-3H3,(H2,21,22,24,25). The minimum absolute atomic E-state index is 0.207. The number of hydrogen-bond acceptors (Lipinski definition) is 6. The highest BCUT2D eigenvalue weighted by atomic mass is 35.5. The summed E-state index contributed by atoms with van der Waals surface area (Å²) in [7, 11) is 0. The lowest BCUT2D eigenvalue weighted by Crippen LogP contribution is -2.12. The van der Waals surface area contributed by atoms with Crippen LogP contribution in [0.1, 0.15) is 13.8 Å². The summed E-state index contributed by atoms with van der Waals surface area (Å²) in [6, 6.07) is 14.8. The van der Waals surface area contributed by atoms with E-state index >= 15 is 0 Å². The minimum atomic E-state index is -1.06. The van der Waals surface area contributed by atoms with Gasteiger partial charge in [-0.3, -0.25) is 0 Å². The van der Waals surface area contributed by atoms with Crippen LogP contribution in [0.2, 0.25) is 5.15 Å². The fourth-order valence-electron chi connectivity index (χ4n) is 2.43. The topological polar surface area (TPSA) is 85.8 Å². The Morgan fingerprint density at radius 3 is 2.44 bits per heavy atom. The van der Waals surface area contributed by atoms with Gasteiger partial charge in [-0.15, -0.1) is 0 Å². The Bertz CT molecular complexity index is 935. The molecule has 1 aromatic carbocycles. The van der Waals surface area contributed by atoms with Crippen molar-refractivity contribution in [2.45, 2.75) is 24.8 Å². The zero-order valence-corrected chi connectivity index (χ0v) is 16.8. The molecule has 0 radical (unpaired) electrons. The molecule has 3 aromatic rings. The van der Waals surface area contributed by atoms with Gasteiger partial charge in [0.1, 0.15) is 28.7 Å². The fraction of sp³-hybridized carbons (Fsp3) is 0.211. The van der Waals surface area contributed by atoms with E-state index in [9.17, 15) is 4.55 Å². The molecule has 8 heteroatoms. The zero-order valence-electron chi connectivity index (χ0n) is 15.2. The van der Waals surface area contributed by atoms with Crippen LogP contribution in [0.25, 0.3) is 11.5 Å². The van der Waals surface area contributed by atoms with Crippen LogP contribution in [0.4, 0.5) is 17.3 Å². The molecule has 0 aliphatic rings. The number of aromatic nitrogens is 3. The number of hydrogen-bond donors (Lipinski definition) is 2. The van der Waals surface area contributed by atoms with E-state index in [-0.39, 0.29) is 6.04 Å². The lowest BCUT2D eigenvalue weighted by atomic mass is 10.3. The third-order valence-electron chi connectivity index (χ3n) is 3.55. The van der Waals surface area contributed by atoms with Gasteiger partial charge in [-0.25, -0.2) is 15.0 Å². The van der Waals surface area contributed by atoms with Gasteiger partial charge in [0.05, 0.1) is 0 Å². The molecular weight excluding hydrogens is 382 g/mol. The smallest absolute Gasteiger partial charge is 0.182 e. The first kappa shape index (κ1) is 19.4. The van der Waals surface area contributed by atoms with Crippen molar-refractivity contribution in [3.8, 4) is 11.5 Å². The lowest BCUT2D eigenvalue weighted by molar-refractivity contribution is 0.601. The van der Waals surface area contributed by atoms with E-state index in [2.05, 4.69) is 25.6 Å². The fourth-order valence-corrected chi connectivity index (χ4v) is 3.16. The van der Waals surface area contributed by atoms with Crippen molar-refractivity contribution in [3.63, 3.8) is 0 Å². The molecule has 1 unspecified atom stereocenters. The van der Waals surface area contributed by atoms with Crippen molar-refractivity contribution in [3.05, 3.63) is 53.7 Å². The normalized spacial score (nSPS) is 12.1. The minimum Gasteiger partial charge on any atom is -0.612 e. The molecule has 3 rings (SSSR count). The van der Waals surface area contributed by atoms with Gasteiger partial charge >= 0.3 is 0 Å². The first-order chi connectivity index (χ1) is 12.9. The summed E-state index contributed by atoms with van der Waals surface area (Å²) >= 11 is 4.95. The quantitative estimate of drug-likeness (QED) is 0.467. The highest BCUT2D eigenvalue weighted by molar-refractivity contribution is 7.90. The summed E-state index contributed by atoms with van der Waals surface area (Å²) in [6.07, 6.45) is 1.65. The second-order valence-corrected chi connectivity index (χ2v) is 7.98. The van der Waals surface area contributed by atoms with Crippen LogP contribution in [-0.4, -0.2) is 31.8 Å². The van der Waals surface area contributed by atoms with Crippen LogP contribution in [0, 0.1) is 0 Å². The number of halogens is 1. The molecular formula is C19H20ClN5OS. The lowest BCUT2D eigenvalue weighted by Gasteiger charge is -2.14. The first-order valence-corrected chi connectivity index (χ1v) is 10.3. The number of pyridine rings is 1. The number of rotatable bonds is 6. The van der Waals surface area contributed by atoms with E-state index in [0.717, 1.165) is 10.6 Å². The van der Waals surface area contributed by atoms with Crippen LogP contribution >= 0.6 is 11.6 Å². The zero-order chi connectivity index (χ0) is 19.4. The van der Waals surface area contributed by atoms with Gasteiger partial charge in [-0.1, -0.05) is 23.7 Å². The molecule has 6 nitrogen and oxygen atoms in total. The van der Waals surface area contributed by atoms with Crippen LogP contribution in [0.15, 0.2) is 53.4 Å². The van der Waals surface area contributed by atoms with Crippen molar-refractivity contribution in [2.75, 3.05) is 16.9 Å². The van der Waals surface area contributed by atoms with Crippen LogP contribution in [0.5, 0.6) is 0 Å². The SMILES string of the molecule is CC(C)Nc1cc(Nc2cccc([S+](C)[O-])c2)nc(-c2cccc(Cl)n2)n1. The molecule has 0 amide bonds. The third kappa shape index (κ3) is 5.32. The highest BCUT2D eigenvalue weighted by Crippen LogP contribution is 2.24. The number of anilines is 3. The number of benzene rings is 1. The van der Waals surface area contributed by atoms with Gasteiger partial charge in [0.25, 0.3) is 0 Å². The Hall–Kier alpha value is -2.35. The maximum Gasteiger partial charge on any atom is 0.182 e. The Kier molecular flexibility index (Phi) is 6.15. The summed E-state index contributed by atoms with van der Waals surface area (Å²) in [6.45, 7) is 4.07. The molecule has 0 fully saturated rings. The molecule has 2 aromatic heterocycles. The average Bonchev–Trinajstić information content (AvgIpc) is 2.61. The van der Waals surface area contributed by atoms with Crippen molar-refractivity contribution < 1.29 is 4.55 Å². The van der Waals surface area contributed by atoms with E-state index < -0.39 is 11.2 Å². The predicted molar refractivity (Wildman–Crippen MR) is 111 cm³/mol. The van der Waals surface area contributed by atoms with E-state index in [4.69, 9.17) is 11.6 Å². The largest absolute Gasteiger partial charge is 0.612 e. The second-order valence-electron chi connectivity index (χ2n) is 6.21. The molecule has 0 saturated carbocycles. The van der Waals surface area contributed by atoms with Gasteiger partial charge in [0, 0.05) is 23.9 Å². The van der Waals surface area contributed by atoms with Gasteiger partial charge in [-0.2, -0.15) is 0 Å². The summed E-state index contributed by atoms with van der Waals surface area (Å²) < 4.78 is 11.7. The summed E-state index contributed by atoms with van der Waals surface area (Å²) in [5, 5.41) is 6.92. The van der Waals surface area contributed by atoms with Gasteiger partial charge in [0.15, 0.2) is 10.7 Å². The Morgan fingerprint density at radius 1 is 1.00 bits per heavy atom. The molecule has 0 bridgehead atoms. The Morgan fingerprint density at radius 2 is 1.74 bits per heavy atom. The molecule has 140 valence electrons. The van der Waals surface area contributed by atoms with Gasteiger partial charge in [-0.05, 0) is 49.3 Å². The van der Waals surface area contributed by atoms with Crippen molar-refractivity contribution in [1.29, 1.82) is 0 Å². The van der Waals surface area contributed by atoms with E-state index in [1.54, 1.807) is 12.3 Å². The van der Waals surface area contributed by atoms with Gasteiger partial charge < -0.3 is 15.2 Å². The highest BCUT2D eigenvalue weighted by Gasteiger charge is 2.11. The van der Waals surface area contributed by atoms with E-state index in [1.165, 1.54) is 0 Å². The van der Waals surface area contributed by atoms with Crippen molar-refractivity contribution >= 4 is 40.1 Å².